The van der Waals surface area contributed by atoms with E-state index in [-0.39, 0.29) is 24.4 Å². The molecule has 0 aromatic carbocycles. The normalized spacial score (nSPS) is 17.3. The molecule has 1 amide bonds. The lowest BCUT2D eigenvalue weighted by atomic mass is 9.91. The standard InChI is InChI=1S/C15H20N4O2.ClH/c1-9(16)11-3-5-19(6-4-11)15(20)12-7-13-10(2)18-21-14(13)17-8-12;/h7-9,11H,3-6,16H2,1-2H3;1H. The van der Waals surface area contributed by atoms with Gasteiger partial charge in [0.05, 0.1) is 16.6 Å². The second kappa shape index (κ2) is 6.62. The number of likely N-dealkylation sites (tertiary alicyclic amines) is 1. The summed E-state index contributed by atoms with van der Waals surface area (Å²) < 4.78 is 5.07. The van der Waals surface area contributed by atoms with E-state index in [0.717, 1.165) is 37.0 Å². The Morgan fingerprint density at radius 3 is 2.77 bits per heavy atom. The minimum absolute atomic E-state index is 0. The smallest absolute Gasteiger partial charge is 0.257 e. The topological polar surface area (TPSA) is 85.2 Å². The fraction of sp³-hybridized carbons (Fsp3) is 0.533. The quantitative estimate of drug-likeness (QED) is 0.914. The number of nitrogens with zero attached hydrogens (tertiary/aromatic N) is 3. The maximum atomic E-state index is 12.6. The zero-order valence-corrected chi connectivity index (χ0v) is 13.6. The molecule has 3 heterocycles. The van der Waals surface area contributed by atoms with Crippen molar-refractivity contribution in [3.8, 4) is 0 Å². The van der Waals surface area contributed by atoms with Gasteiger partial charge in [0, 0.05) is 25.3 Å². The Morgan fingerprint density at radius 2 is 2.14 bits per heavy atom. The third-order valence-corrected chi connectivity index (χ3v) is 4.33. The second-order valence-corrected chi connectivity index (χ2v) is 5.83. The lowest BCUT2D eigenvalue weighted by molar-refractivity contribution is 0.0681. The molecule has 2 aromatic rings. The van der Waals surface area contributed by atoms with Gasteiger partial charge in [-0.1, -0.05) is 5.16 Å². The van der Waals surface area contributed by atoms with E-state index in [9.17, 15) is 4.79 Å². The fourth-order valence-corrected chi connectivity index (χ4v) is 2.87. The molecule has 7 heteroatoms. The number of amides is 1. The van der Waals surface area contributed by atoms with Crippen molar-refractivity contribution >= 4 is 29.4 Å². The van der Waals surface area contributed by atoms with Crippen LogP contribution in [0.5, 0.6) is 0 Å². The number of carbonyl (C=O) groups excluding carboxylic acids is 1. The van der Waals surface area contributed by atoms with Gasteiger partial charge in [-0.2, -0.15) is 0 Å². The monoisotopic (exact) mass is 324 g/mol. The number of carbonyl (C=O) groups is 1. The largest absolute Gasteiger partial charge is 0.339 e. The molecule has 1 aliphatic rings. The Labute approximate surface area is 135 Å². The molecule has 0 spiro atoms. The molecule has 3 rings (SSSR count). The van der Waals surface area contributed by atoms with Crippen LogP contribution >= 0.6 is 12.4 Å². The molecule has 22 heavy (non-hydrogen) atoms. The maximum absolute atomic E-state index is 12.6. The first-order chi connectivity index (χ1) is 10.1. The van der Waals surface area contributed by atoms with Crippen LogP contribution in [-0.2, 0) is 0 Å². The number of hydrogen-bond donors (Lipinski definition) is 1. The fourth-order valence-electron chi connectivity index (χ4n) is 2.87. The summed E-state index contributed by atoms with van der Waals surface area (Å²) in [5, 5.41) is 4.66. The Hall–Kier alpha value is -1.66. The first-order valence-corrected chi connectivity index (χ1v) is 7.33. The average Bonchev–Trinajstić information content (AvgIpc) is 2.87. The first-order valence-electron chi connectivity index (χ1n) is 7.33. The lowest BCUT2D eigenvalue weighted by Gasteiger charge is -2.33. The van der Waals surface area contributed by atoms with Gasteiger partial charge in [-0.05, 0) is 38.7 Å². The summed E-state index contributed by atoms with van der Waals surface area (Å²) in [6, 6.07) is 2.01. The molecule has 6 nitrogen and oxygen atoms in total. The maximum Gasteiger partial charge on any atom is 0.257 e. The van der Waals surface area contributed by atoms with Crippen molar-refractivity contribution in [2.24, 2.45) is 11.7 Å². The predicted octanol–water partition coefficient (Wildman–Crippen LogP) is 2.15. The van der Waals surface area contributed by atoms with Gasteiger partial charge in [-0.3, -0.25) is 4.79 Å². The molecule has 1 unspecified atom stereocenters. The highest BCUT2D eigenvalue weighted by molar-refractivity contribution is 5.97. The van der Waals surface area contributed by atoms with E-state index in [1.54, 1.807) is 6.20 Å². The summed E-state index contributed by atoms with van der Waals surface area (Å²) in [7, 11) is 0. The van der Waals surface area contributed by atoms with Gasteiger partial charge >= 0.3 is 0 Å². The minimum Gasteiger partial charge on any atom is -0.339 e. The molecule has 0 saturated carbocycles. The van der Waals surface area contributed by atoms with Crippen LogP contribution in [0.4, 0.5) is 0 Å². The number of fused-ring (bicyclic) bond motifs is 1. The van der Waals surface area contributed by atoms with E-state index in [0.29, 0.717) is 17.2 Å². The predicted molar refractivity (Wildman–Crippen MR) is 86.1 cm³/mol. The number of pyridine rings is 1. The summed E-state index contributed by atoms with van der Waals surface area (Å²) in [4.78, 5) is 18.6. The number of aromatic nitrogens is 2. The van der Waals surface area contributed by atoms with Gasteiger partial charge in [0.1, 0.15) is 0 Å². The number of piperidine rings is 1. The van der Waals surface area contributed by atoms with Crippen LogP contribution in [0.2, 0.25) is 0 Å². The first kappa shape index (κ1) is 16.7. The van der Waals surface area contributed by atoms with Crippen LogP contribution in [0, 0.1) is 12.8 Å². The van der Waals surface area contributed by atoms with Crippen molar-refractivity contribution in [1.82, 2.24) is 15.0 Å². The number of halogens is 1. The minimum atomic E-state index is 0. The van der Waals surface area contributed by atoms with E-state index in [4.69, 9.17) is 10.3 Å². The van der Waals surface area contributed by atoms with Gasteiger partial charge in [0.2, 0.25) is 0 Å². The second-order valence-electron chi connectivity index (χ2n) is 5.83. The molecule has 0 aliphatic carbocycles. The van der Waals surface area contributed by atoms with E-state index in [2.05, 4.69) is 10.1 Å². The van der Waals surface area contributed by atoms with Gasteiger partial charge in [-0.25, -0.2) is 4.98 Å². The Balaban J connectivity index is 0.00000176. The Kier molecular flexibility index (Phi) is 5.03. The molecule has 1 aliphatic heterocycles. The SMILES string of the molecule is Cc1noc2ncc(C(=O)N3CCC(C(C)N)CC3)cc12.Cl. The Bertz CT molecular complexity index is 663. The van der Waals surface area contributed by atoms with Gasteiger partial charge in [0.25, 0.3) is 11.6 Å². The number of rotatable bonds is 2. The summed E-state index contributed by atoms with van der Waals surface area (Å²) in [5.74, 6) is 0.531. The van der Waals surface area contributed by atoms with Crippen LogP contribution in [0.3, 0.4) is 0 Å². The van der Waals surface area contributed by atoms with E-state index >= 15 is 0 Å². The molecule has 2 N–H and O–H groups in total. The van der Waals surface area contributed by atoms with Crippen molar-refractivity contribution in [2.45, 2.75) is 32.7 Å². The number of nitrogens with two attached hydrogens (primary N) is 1. The molecular formula is C15H21ClN4O2. The average molecular weight is 325 g/mol. The highest BCUT2D eigenvalue weighted by Crippen LogP contribution is 2.22. The molecule has 120 valence electrons. The molecule has 2 aromatic heterocycles. The van der Waals surface area contributed by atoms with Crippen molar-refractivity contribution in [2.75, 3.05) is 13.1 Å². The summed E-state index contributed by atoms with van der Waals surface area (Å²) in [6.45, 7) is 5.39. The lowest BCUT2D eigenvalue weighted by Crippen LogP contribution is -2.42. The van der Waals surface area contributed by atoms with E-state index in [1.165, 1.54) is 0 Å². The third kappa shape index (κ3) is 3.08. The molecule has 1 saturated heterocycles. The van der Waals surface area contributed by atoms with Crippen LogP contribution in [0.1, 0.15) is 35.8 Å². The van der Waals surface area contributed by atoms with Crippen molar-refractivity contribution in [3.05, 3.63) is 23.5 Å². The molecule has 0 bridgehead atoms. The molecule has 0 radical (unpaired) electrons. The zero-order valence-electron chi connectivity index (χ0n) is 12.8. The summed E-state index contributed by atoms with van der Waals surface area (Å²) in [5.41, 5.74) is 7.75. The van der Waals surface area contributed by atoms with Gasteiger partial charge in [0.15, 0.2) is 0 Å². The highest BCUT2D eigenvalue weighted by atomic mass is 35.5. The van der Waals surface area contributed by atoms with Crippen LogP contribution < -0.4 is 5.73 Å². The summed E-state index contributed by atoms with van der Waals surface area (Å²) in [6.07, 6.45) is 3.49. The Morgan fingerprint density at radius 1 is 1.45 bits per heavy atom. The van der Waals surface area contributed by atoms with Gasteiger partial charge in [-0.15, -0.1) is 12.4 Å². The third-order valence-electron chi connectivity index (χ3n) is 4.33. The van der Waals surface area contributed by atoms with Gasteiger partial charge < -0.3 is 15.2 Å². The molecule has 1 atom stereocenters. The van der Waals surface area contributed by atoms with Crippen molar-refractivity contribution in [1.29, 1.82) is 0 Å². The van der Waals surface area contributed by atoms with Crippen LogP contribution in [0.25, 0.3) is 11.1 Å². The van der Waals surface area contributed by atoms with Crippen LogP contribution in [-0.4, -0.2) is 40.1 Å². The molecular weight excluding hydrogens is 304 g/mol. The zero-order chi connectivity index (χ0) is 15.0. The van der Waals surface area contributed by atoms with Crippen molar-refractivity contribution in [3.63, 3.8) is 0 Å². The van der Waals surface area contributed by atoms with Crippen molar-refractivity contribution < 1.29 is 9.32 Å². The number of hydrogen-bond acceptors (Lipinski definition) is 5. The highest BCUT2D eigenvalue weighted by Gasteiger charge is 2.26. The van der Waals surface area contributed by atoms with Crippen LogP contribution in [0.15, 0.2) is 16.8 Å². The number of aryl methyl sites for hydroxylation is 1. The van der Waals surface area contributed by atoms with E-state index in [1.807, 2.05) is 24.8 Å². The van der Waals surface area contributed by atoms with E-state index < -0.39 is 0 Å². The summed E-state index contributed by atoms with van der Waals surface area (Å²) >= 11 is 0. The molecule has 1 fully saturated rings.